The minimum absolute atomic E-state index is 0.625. The number of hydrogen-bond donors (Lipinski definition) is 2. The molecule has 3 heteroatoms. The van der Waals surface area contributed by atoms with Crippen molar-refractivity contribution in [2.24, 2.45) is 0 Å². The second-order valence-corrected chi connectivity index (χ2v) is 5.71. The van der Waals surface area contributed by atoms with Crippen LogP contribution in [0.2, 0.25) is 0 Å². The van der Waals surface area contributed by atoms with Crippen LogP contribution in [0.4, 0.5) is 0 Å². The second kappa shape index (κ2) is 7.55. The molecule has 1 aliphatic rings. The third kappa shape index (κ3) is 5.89. The first kappa shape index (κ1) is 12.3. The second-order valence-electron chi connectivity index (χ2n) is 4.30. The summed E-state index contributed by atoms with van der Waals surface area (Å²) in [6, 6.07) is 0.625. The maximum absolute atomic E-state index is 3.54. The zero-order valence-electron chi connectivity index (χ0n) is 9.51. The quantitative estimate of drug-likeness (QED) is 0.635. The summed E-state index contributed by atoms with van der Waals surface area (Å²) in [5.41, 5.74) is 0. The van der Waals surface area contributed by atoms with Crippen LogP contribution in [0, 0.1) is 0 Å². The lowest BCUT2D eigenvalue weighted by molar-refractivity contribution is 0.544. The van der Waals surface area contributed by atoms with Crippen LogP contribution >= 0.6 is 11.8 Å². The molecule has 0 saturated carbocycles. The van der Waals surface area contributed by atoms with Gasteiger partial charge in [0.05, 0.1) is 0 Å². The summed E-state index contributed by atoms with van der Waals surface area (Å²) >= 11 is 2.13. The lowest BCUT2D eigenvalue weighted by Gasteiger charge is -2.11. The SMILES string of the molecule is CC(C)NCCCNCC1CCCS1. The Balaban J connectivity index is 1.79. The molecule has 1 saturated heterocycles. The lowest BCUT2D eigenvalue weighted by atomic mass is 10.2. The third-order valence-electron chi connectivity index (χ3n) is 2.48. The summed E-state index contributed by atoms with van der Waals surface area (Å²) in [4.78, 5) is 0. The maximum atomic E-state index is 3.54. The normalized spacial score (nSPS) is 22.1. The average molecular weight is 216 g/mol. The summed E-state index contributed by atoms with van der Waals surface area (Å²) in [6.45, 7) is 7.91. The fourth-order valence-electron chi connectivity index (χ4n) is 1.67. The van der Waals surface area contributed by atoms with Crippen LogP contribution < -0.4 is 10.6 Å². The van der Waals surface area contributed by atoms with Gasteiger partial charge in [-0.3, -0.25) is 0 Å². The number of rotatable bonds is 7. The highest BCUT2D eigenvalue weighted by molar-refractivity contribution is 8.00. The third-order valence-corrected chi connectivity index (χ3v) is 3.88. The average Bonchev–Trinajstić information content (AvgIpc) is 2.63. The number of hydrogen-bond acceptors (Lipinski definition) is 3. The first-order valence-electron chi connectivity index (χ1n) is 5.84. The Morgan fingerprint density at radius 3 is 2.86 bits per heavy atom. The molecule has 1 heterocycles. The van der Waals surface area contributed by atoms with E-state index in [0.717, 1.165) is 18.3 Å². The van der Waals surface area contributed by atoms with Crippen LogP contribution in [-0.2, 0) is 0 Å². The lowest BCUT2D eigenvalue weighted by Crippen LogP contribution is -2.29. The molecule has 0 radical (unpaired) electrons. The molecule has 1 atom stereocenters. The highest BCUT2D eigenvalue weighted by atomic mass is 32.2. The minimum Gasteiger partial charge on any atom is -0.316 e. The van der Waals surface area contributed by atoms with Crippen molar-refractivity contribution in [1.29, 1.82) is 0 Å². The summed E-state index contributed by atoms with van der Waals surface area (Å²) in [7, 11) is 0. The van der Waals surface area contributed by atoms with Crippen molar-refractivity contribution < 1.29 is 0 Å². The fourth-order valence-corrected chi connectivity index (χ4v) is 2.91. The van der Waals surface area contributed by atoms with Crippen LogP contribution in [0.5, 0.6) is 0 Å². The molecular weight excluding hydrogens is 192 g/mol. The van der Waals surface area contributed by atoms with E-state index in [2.05, 4.69) is 36.2 Å². The van der Waals surface area contributed by atoms with Gasteiger partial charge < -0.3 is 10.6 Å². The molecular formula is C11H24N2S. The molecule has 14 heavy (non-hydrogen) atoms. The largest absolute Gasteiger partial charge is 0.316 e. The molecule has 1 aliphatic heterocycles. The Kier molecular flexibility index (Phi) is 6.65. The Morgan fingerprint density at radius 1 is 1.36 bits per heavy atom. The molecule has 2 N–H and O–H groups in total. The predicted molar refractivity (Wildman–Crippen MR) is 66.1 cm³/mol. The van der Waals surface area contributed by atoms with Gasteiger partial charge in [-0.05, 0) is 38.1 Å². The van der Waals surface area contributed by atoms with Gasteiger partial charge in [0, 0.05) is 17.8 Å². The van der Waals surface area contributed by atoms with Crippen molar-refractivity contribution in [3.05, 3.63) is 0 Å². The van der Waals surface area contributed by atoms with Crippen molar-refractivity contribution in [3.8, 4) is 0 Å². The van der Waals surface area contributed by atoms with E-state index in [1.807, 2.05) is 0 Å². The first-order chi connectivity index (χ1) is 6.79. The molecule has 0 bridgehead atoms. The zero-order valence-corrected chi connectivity index (χ0v) is 10.3. The molecule has 1 unspecified atom stereocenters. The summed E-state index contributed by atoms with van der Waals surface area (Å²) in [6.07, 6.45) is 4.09. The van der Waals surface area contributed by atoms with E-state index in [4.69, 9.17) is 0 Å². The van der Waals surface area contributed by atoms with Gasteiger partial charge in [0.15, 0.2) is 0 Å². The summed E-state index contributed by atoms with van der Waals surface area (Å²) < 4.78 is 0. The summed E-state index contributed by atoms with van der Waals surface area (Å²) in [5.74, 6) is 1.38. The smallest absolute Gasteiger partial charge is 0.0172 e. The molecule has 0 aliphatic carbocycles. The molecule has 0 spiro atoms. The molecule has 0 aromatic rings. The Bertz CT molecular complexity index is 133. The van der Waals surface area contributed by atoms with Gasteiger partial charge in [-0.25, -0.2) is 0 Å². The van der Waals surface area contributed by atoms with E-state index >= 15 is 0 Å². The Morgan fingerprint density at radius 2 is 2.21 bits per heavy atom. The van der Waals surface area contributed by atoms with Gasteiger partial charge in [-0.1, -0.05) is 13.8 Å². The monoisotopic (exact) mass is 216 g/mol. The predicted octanol–water partition coefficient (Wildman–Crippen LogP) is 1.86. The fraction of sp³-hybridized carbons (Fsp3) is 1.00. The van der Waals surface area contributed by atoms with E-state index in [1.54, 1.807) is 0 Å². The van der Waals surface area contributed by atoms with Crippen molar-refractivity contribution in [2.75, 3.05) is 25.4 Å². The van der Waals surface area contributed by atoms with E-state index in [1.165, 1.54) is 31.6 Å². The van der Waals surface area contributed by atoms with Crippen molar-refractivity contribution in [2.45, 2.75) is 44.4 Å². The van der Waals surface area contributed by atoms with E-state index in [9.17, 15) is 0 Å². The number of nitrogens with one attached hydrogen (secondary N) is 2. The van der Waals surface area contributed by atoms with Crippen LogP contribution in [0.25, 0.3) is 0 Å². The minimum atomic E-state index is 0.625. The van der Waals surface area contributed by atoms with Crippen LogP contribution in [0.1, 0.15) is 33.1 Å². The summed E-state index contributed by atoms with van der Waals surface area (Å²) in [5, 5.41) is 7.87. The molecule has 0 aromatic carbocycles. The molecule has 2 nitrogen and oxygen atoms in total. The van der Waals surface area contributed by atoms with Gasteiger partial charge in [-0.15, -0.1) is 0 Å². The van der Waals surface area contributed by atoms with Gasteiger partial charge >= 0.3 is 0 Å². The van der Waals surface area contributed by atoms with Gasteiger partial charge in [0.2, 0.25) is 0 Å². The Hall–Kier alpha value is 0.270. The zero-order chi connectivity index (χ0) is 10.2. The standard InChI is InChI=1S/C11H24N2S/c1-10(2)13-7-4-6-12-9-11-5-3-8-14-11/h10-13H,3-9H2,1-2H3. The van der Waals surface area contributed by atoms with Gasteiger partial charge in [0.1, 0.15) is 0 Å². The van der Waals surface area contributed by atoms with E-state index < -0.39 is 0 Å². The molecule has 0 amide bonds. The molecule has 84 valence electrons. The first-order valence-corrected chi connectivity index (χ1v) is 6.89. The van der Waals surface area contributed by atoms with E-state index in [-0.39, 0.29) is 0 Å². The topological polar surface area (TPSA) is 24.1 Å². The highest BCUT2D eigenvalue weighted by Crippen LogP contribution is 2.24. The van der Waals surface area contributed by atoms with E-state index in [0.29, 0.717) is 6.04 Å². The van der Waals surface area contributed by atoms with Crippen molar-refractivity contribution in [1.82, 2.24) is 10.6 Å². The Labute approximate surface area is 92.6 Å². The van der Waals surface area contributed by atoms with Crippen molar-refractivity contribution >= 4 is 11.8 Å². The van der Waals surface area contributed by atoms with Crippen LogP contribution in [0.3, 0.4) is 0 Å². The highest BCUT2D eigenvalue weighted by Gasteiger charge is 2.14. The van der Waals surface area contributed by atoms with Gasteiger partial charge in [0.25, 0.3) is 0 Å². The van der Waals surface area contributed by atoms with Crippen LogP contribution in [-0.4, -0.2) is 36.7 Å². The molecule has 1 rings (SSSR count). The van der Waals surface area contributed by atoms with Gasteiger partial charge in [-0.2, -0.15) is 11.8 Å². The van der Waals surface area contributed by atoms with Crippen molar-refractivity contribution in [3.63, 3.8) is 0 Å². The van der Waals surface area contributed by atoms with Crippen LogP contribution in [0.15, 0.2) is 0 Å². The maximum Gasteiger partial charge on any atom is 0.0172 e. The molecule has 1 fully saturated rings. The molecule has 0 aromatic heterocycles. The number of thioether (sulfide) groups is 1.